The van der Waals surface area contributed by atoms with Crippen molar-refractivity contribution < 1.29 is 5.11 Å². The van der Waals surface area contributed by atoms with Crippen molar-refractivity contribution in [1.29, 1.82) is 0 Å². The summed E-state index contributed by atoms with van der Waals surface area (Å²) < 4.78 is 0. The second kappa shape index (κ2) is 7.41. The van der Waals surface area contributed by atoms with Gasteiger partial charge in [0.05, 0.1) is 0 Å². The molecule has 1 aromatic carbocycles. The Bertz CT molecular complexity index is 427. The van der Waals surface area contributed by atoms with Gasteiger partial charge in [0.25, 0.3) is 0 Å². The molecule has 0 saturated carbocycles. The number of nitrogens with zero attached hydrogens (tertiary/aromatic N) is 1. The molecule has 4 heteroatoms. The molecule has 3 N–H and O–H groups in total. The Balaban J connectivity index is 2.23. The fraction of sp³-hybridized carbons (Fsp3) is 0.625. The van der Waals surface area contributed by atoms with Crippen LogP contribution in [0.3, 0.4) is 0 Å². The number of hydrogen-bond acceptors (Lipinski definition) is 3. The van der Waals surface area contributed by atoms with Crippen LogP contribution in [0.15, 0.2) is 24.3 Å². The van der Waals surface area contributed by atoms with Crippen LogP contribution in [-0.4, -0.2) is 35.7 Å². The third kappa shape index (κ3) is 3.73. The number of likely N-dealkylation sites (tertiary alicyclic amines) is 1. The van der Waals surface area contributed by atoms with Crippen LogP contribution < -0.4 is 5.73 Å². The minimum absolute atomic E-state index is 0.0888. The van der Waals surface area contributed by atoms with Gasteiger partial charge >= 0.3 is 0 Å². The molecule has 0 radical (unpaired) electrons. The van der Waals surface area contributed by atoms with Gasteiger partial charge in [0.1, 0.15) is 0 Å². The summed E-state index contributed by atoms with van der Waals surface area (Å²) in [6.07, 6.45) is 3.16. The number of nitrogens with two attached hydrogens (primary N) is 1. The monoisotopic (exact) mass is 296 g/mol. The van der Waals surface area contributed by atoms with Gasteiger partial charge in [-0.3, -0.25) is 4.90 Å². The van der Waals surface area contributed by atoms with Gasteiger partial charge in [-0.25, -0.2) is 0 Å². The van der Waals surface area contributed by atoms with Crippen molar-refractivity contribution in [2.75, 3.05) is 19.7 Å². The van der Waals surface area contributed by atoms with E-state index in [1.165, 1.54) is 5.56 Å². The van der Waals surface area contributed by atoms with E-state index < -0.39 is 0 Å². The third-order valence-electron chi connectivity index (χ3n) is 4.27. The smallest absolute Gasteiger partial charge is 0.0499 e. The van der Waals surface area contributed by atoms with Gasteiger partial charge in [0, 0.05) is 30.3 Å². The first-order chi connectivity index (χ1) is 9.65. The lowest BCUT2D eigenvalue weighted by molar-refractivity contribution is 0.0764. The lowest BCUT2D eigenvalue weighted by atomic mass is 9.91. The fourth-order valence-corrected chi connectivity index (χ4v) is 3.34. The van der Waals surface area contributed by atoms with Crippen molar-refractivity contribution in [1.82, 2.24) is 4.90 Å². The van der Waals surface area contributed by atoms with Gasteiger partial charge in [-0.15, -0.1) is 0 Å². The number of hydrogen-bond donors (Lipinski definition) is 2. The summed E-state index contributed by atoms with van der Waals surface area (Å²) >= 11 is 6.13. The number of aliphatic hydroxyl groups excluding tert-OH is 1. The van der Waals surface area contributed by atoms with Gasteiger partial charge in [0.2, 0.25) is 0 Å². The zero-order valence-corrected chi connectivity index (χ0v) is 12.9. The zero-order chi connectivity index (χ0) is 14.5. The predicted octanol–water partition coefficient (Wildman–Crippen LogP) is 2.82. The predicted molar refractivity (Wildman–Crippen MR) is 83.8 cm³/mol. The van der Waals surface area contributed by atoms with Crippen LogP contribution in [-0.2, 0) is 0 Å². The minimum atomic E-state index is 0.0888. The molecule has 1 aliphatic heterocycles. The van der Waals surface area contributed by atoms with E-state index in [1.54, 1.807) is 0 Å². The maximum atomic E-state index is 9.42. The molecule has 3 atom stereocenters. The Morgan fingerprint density at radius 2 is 2.30 bits per heavy atom. The van der Waals surface area contributed by atoms with Crippen LogP contribution in [0.5, 0.6) is 0 Å². The van der Waals surface area contributed by atoms with Crippen LogP contribution in [0.1, 0.15) is 37.8 Å². The maximum absolute atomic E-state index is 9.42. The van der Waals surface area contributed by atoms with E-state index in [1.807, 2.05) is 18.2 Å². The van der Waals surface area contributed by atoms with Gasteiger partial charge < -0.3 is 10.8 Å². The van der Waals surface area contributed by atoms with Crippen molar-refractivity contribution in [3.63, 3.8) is 0 Å². The minimum Gasteiger partial charge on any atom is -0.396 e. The van der Waals surface area contributed by atoms with Crippen LogP contribution in [0.2, 0.25) is 5.02 Å². The van der Waals surface area contributed by atoms with Crippen LogP contribution in [0.25, 0.3) is 0 Å². The van der Waals surface area contributed by atoms with E-state index in [2.05, 4.69) is 17.9 Å². The molecule has 0 spiro atoms. The largest absolute Gasteiger partial charge is 0.396 e. The molecule has 0 aromatic heterocycles. The maximum Gasteiger partial charge on any atom is 0.0499 e. The van der Waals surface area contributed by atoms with E-state index in [9.17, 15) is 5.11 Å². The molecule has 0 bridgehead atoms. The van der Waals surface area contributed by atoms with Gasteiger partial charge in [-0.2, -0.15) is 0 Å². The Labute approximate surface area is 126 Å². The Morgan fingerprint density at radius 1 is 1.50 bits per heavy atom. The lowest BCUT2D eigenvalue weighted by Crippen LogP contribution is -2.46. The van der Waals surface area contributed by atoms with Crippen molar-refractivity contribution in [3.8, 4) is 0 Å². The average molecular weight is 297 g/mol. The Morgan fingerprint density at radius 3 is 2.95 bits per heavy atom. The topological polar surface area (TPSA) is 49.5 Å². The van der Waals surface area contributed by atoms with Crippen molar-refractivity contribution in [2.45, 2.75) is 38.3 Å². The normalized spacial score (nSPS) is 23.5. The van der Waals surface area contributed by atoms with Crippen molar-refractivity contribution in [2.24, 2.45) is 11.7 Å². The fourth-order valence-electron chi connectivity index (χ4n) is 3.14. The molecule has 3 nitrogen and oxygen atoms in total. The summed E-state index contributed by atoms with van der Waals surface area (Å²) in [5.74, 6) is 0.370. The van der Waals surface area contributed by atoms with Crippen molar-refractivity contribution in [3.05, 3.63) is 34.9 Å². The number of benzene rings is 1. The van der Waals surface area contributed by atoms with E-state index >= 15 is 0 Å². The molecule has 20 heavy (non-hydrogen) atoms. The molecule has 1 aromatic rings. The standard InChI is InChI=1S/C16H25ClN2O/c1-2-15(18)16(13-6-3-7-14(17)9-13)19-8-4-5-12(10-19)11-20/h3,6-7,9,12,15-16,20H,2,4-5,8,10-11,18H2,1H3. The first-order valence-corrected chi connectivity index (χ1v) is 7.89. The first-order valence-electron chi connectivity index (χ1n) is 7.51. The lowest BCUT2D eigenvalue weighted by Gasteiger charge is -2.40. The molecule has 2 rings (SSSR count). The molecular weight excluding hydrogens is 272 g/mol. The average Bonchev–Trinajstić information content (AvgIpc) is 2.47. The molecule has 112 valence electrons. The number of rotatable bonds is 5. The molecule has 1 fully saturated rings. The zero-order valence-electron chi connectivity index (χ0n) is 12.1. The first kappa shape index (κ1) is 15.8. The number of halogens is 1. The van der Waals surface area contributed by atoms with Crippen LogP contribution >= 0.6 is 11.6 Å². The van der Waals surface area contributed by atoms with E-state index in [0.29, 0.717) is 5.92 Å². The summed E-state index contributed by atoms with van der Waals surface area (Å²) in [7, 11) is 0. The summed E-state index contributed by atoms with van der Waals surface area (Å²) in [6, 6.07) is 8.28. The quantitative estimate of drug-likeness (QED) is 0.878. The van der Waals surface area contributed by atoms with Gasteiger partial charge in [-0.05, 0) is 49.4 Å². The molecule has 1 heterocycles. The second-order valence-corrected chi connectivity index (χ2v) is 6.19. The molecule has 3 unspecified atom stereocenters. The molecule has 1 saturated heterocycles. The number of aliphatic hydroxyl groups is 1. The van der Waals surface area contributed by atoms with E-state index in [4.69, 9.17) is 17.3 Å². The van der Waals surface area contributed by atoms with Crippen LogP contribution in [0.4, 0.5) is 0 Å². The third-order valence-corrected chi connectivity index (χ3v) is 4.50. The molecule has 1 aliphatic rings. The SMILES string of the molecule is CCC(N)C(c1cccc(Cl)c1)N1CCCC(CO)C1. The van der Waals surface area contributed by atoms with Crippen molar-refractivity contribution >= 4 is 11.6 Å². The van der Waals surface area contributed by atoms with E-state index in [0.717, 1.165) is 37.4 Å². The summed E-state index contributed by atoms with van der Waals surface area (Å²) in [5.41, 5.74) is 7.56. The Kier molecular flexibility index (Phi) is 5.85. The molecule has 0 amide bonds. The Hall–Kier alpha value is -0.610. The molecular formula is C16H25ClN2O. The second-order valence-electron chi connectivity index (χ2n) is 5.76. The van der Waals surface area contributed by atoms with Gasteiger partial charge in [0.15, 0.2) is 0 Å². The molecule has 0 aliphatic carbocycles. The highest BCUT2D eigenvalue weighted by Gasteiger charge is 2.30. The van der Waals surface area contributed by atoms with Crippen LogP contribution in [0, 0.1) is 5.92 Å². The van der Waals surface area contributed by atoms with Gasteiger partial charge in [-0.1, -0.05) is 30.7 Å². The highest BCUT2D eigenvalue weighted by atomic mass is 35.5. The highest BCUT2D eigenvalue weighted by molar-refractivity contribution is 6.30. The summed E-state index contributed by atoms with van der Waals surface area (Å²) in [4.78, 5) is 2.42. The summed E-state index contributed by atoms with van der Waals surface area (Å²) in [6.45, 7) is 4.35. The number of piperidine rings is 1. The van der Waals surface area contributed by atoms with E-state index in [-0.39, 0.29) is 18.7 Å². The summed E-state index contributed by atoms with van der Waals surface area (Å²) in [5, 5.41) is 10.2. The highest BCUT2D eigenvalue weighted by Crippen LogP contribution is 2.31.